The molecule has 0 aromatic heterocycles. The van der Waals surface area contributed by atoms with Crippen molar-refractivity contribution >= 4 is 18.2 Å². The summed E-state index contributed by atoms with van der Waals surface area (Å²) in [6.45, 7) is 15.5. The Morgan fingerprint density at radius 2 is 1.49 bits per heavy atom. The first-order valence-electron chi connectivity index (χ1n) is 11.9. The highest BCUT2D eigenvalue weighted by Crippen LogP contribution is 2.31. The highest BCUT2D eigenvalue weighted by atomic mass is 16.6. The number of alkyl carbamates (subject to hydrolysis) is 1. The first-order valence-corrected chi connectivity index (χ1v) is 11.9. The summed E-state index contributed by atoms with van der Waals surface area (Å²) in [4.78, 5) is 38.8. The largest absolute Gasteiger partial charge is 0.489 e. The van der Waals surface area contributed by atoms with Gasteiger partial charge in [-0.15, -0.1) is 0 Å². The Morgan fingerprint density at radius 3 is 2.00 bits per heavy atom. The molecule has 2 rings (SSSR count). The zero-order chi connectivity index (χ0) is 26.6. The van der Waals surface area contributed by atoms with Crippen LogP contribution in [-0.4, -0.2) is 60.6 Å². The van der Waals surface area contributed by atoms with Gasteiger partial charge in [0.25, 0.3) is 0 Å². The molecule has 2 amide bonds. The van der Waals surface area contributed by atoms with Gasteiger partial charge in [-0.1, -0.05) is 6.07 Å². The predicted octanol–water partition coefficient (Wildman–Crippen LogP) is 5.01. The molecule has 1 aromatic carbocycles. The third-order valence-corrected chi connectivity index (χ3v) is 5.31. The zero-order valence-electron chi connectivity index (χ0n) is 22.4. The molecule has 0 radical (unpaired) electrons. The molecular formula is C26H40N2O7. The summed E-state index contributed by atoms with van der Waals surface area (Å²) >= 11 is 0. The number of benzene rings is 1. The van der Waals surface area contributed by atoms with E-state index >= 15 is 0 Å². The van der Waals surface area contributed by atoms with Gasteiger partial charge < -0.3 is 29.2 Å². The summed E-state index contributed by atoms with van der Waals surface area (Å²) in [5, 5.41) is 2.87. The number of likely N-dealkylation sites (tertiary alicyclic amines) is 1. The monoisotopic (exact) mass is 492 g/mol. The van der Waals surface area contributed by atoms with E-state index in [0.717, 1.165) is 5.56 Å². The number of amides is 2. The first-order chi connectivity index (χ1) is 16.0. The summed E-state index contributed by atoms with van der Waals surface area (Å²) in [7, 11) is 1.31. The van der Waals surface area contributed by atoms with Gasteiger partial charge in [0.2, 0.25) is 0 Å². The summed E-state index contributed by atoms with van der Waals surface area (Å²) in [6, 6.07) is 5.12. The van der Waals surface area contributed by atoms with E-state index in [9.17, 15) is 14.4 Å². The molecule has 9 nitrogen and oxygen atoms in total. The number of carbonyl (C=O) groups excluding carboxylic acids is 3. The van der Waals surface area contributed by atoms with E-state index in [1.165, 1.54) is 7.11 Å². The van der Waals surface area contributed by atoms with E-state index in [1.807, 2.05) is 34.6 Å². The molecule has 1 aliphatic heterocycles. The standard InChI is InChI=1S/C26H40N2O7/c1-24(2,3)34-22(30)27-26(7,8)17-10-11-19(21(29)32-9)20(16-17)33-18-12-14-28(15-13-18)23(31)35-25(4,5)6/h10-11,16,18H,12-15H2,1-9H3,(H,27,30). The molecule has 0 atom stereocenters. The predicted molar refractivity (Wildman–Crippen MR) is 132 cm³/mol. The maximum absolute atomic E-state index is 12.4. The molecule has 1 heterocycles. The number of methoxy groups -OCH3 is 1. The highest BCUT2D eigenvalue weighted by molar-refractivity contribution is 5.92. The maximum Gasteiger partial charge on any atom is 0.410 e. The number of nitrogens with one attached hydrogen (secondary N) is 1. The molecule has 1 N–H and O–H groups in total. The molecule has 1 aliphatic rings. The van der Waals surface area contributed by atoms with Gasteiger partial charge in [-0.2, -0.15) is 0 Å². The minimum absolute atomic E-state index is 0.200. The van der Waals surface area contributed by atoms with Crippen molar-refractivity contribution in [3.05, 3.63) is 29.3 Å². The van der Waals surface area contributed by atoms with Gasteiger partial charge in [-0.3, -0.25) is 0 Å². The molecule has 1 aromatic rings. The van der Waals surface area contributed by atoms with Gasteiger partial charge in [-0.25, -0.2) is 14.4 Å². The maximum atomic E-state index is 12.4. The lowest BCUT2D eigenvalue weighted by Gasteiger charge is -2.34. The number of nitrogens with zero attached hydrogens (tertiary/aromatic N) is 1. The molecule has 0 unspecified atom stereocenters. The van der Waals surface area contributed by atoms with Crippen molar-refractivity contribution in [1.82, 2.24) is 10.2 Å². The third-order valence-electron chi connectivity index (χ3n) is 5.31. The van der Waals surface area contributed by atoms with Crippen LogP contribution < -0.4 is 10.1 Å². The second kappa shape index (κ2) is 10.7. The van der Waals surface area contributed by atoms with Gasteiger partial charge in [0.05, 0.1) is 12.6 Å². The van der Waals surface area contributed by atoms with Crippen molar-refractivity contribution in [1.29, 1.82) is 0 Å². The number of hydrogen-bond acceptors (Lipinski definition) is 7. The fourth-order valence-electron chi connectivity index (χ4n) is 3.58. The molecule has 35 heavy (non-hydrogen) atoms. The zero-order valence-corrected chi connectivity index (χ0v) is 22.4. The summed E-state index contributed by atoms with van der Waals surface area (Å²) in [6.07, 6.45) is 0.0850. The van der Waals surface area contributed by atoms with Crippen molar-refractivity contribution in [2.24, 2.45) is 0 Å². The van der Waals surface area contributed by atoms with E-state index in [1.54, 1.807) is 43.9 Å². The highest BCUT2D eigenvalue weighted by Gasteiger charge is 2.31. The number of ether oxygens (including phenoxy) is 4. The molecule has 1 saturated heterocycles. The fraction of sp³-hybridized carbons (Fsp3) is 0.654. The van der Waals surface area contributed by atoms with Gasteiger partial charge in [0, 0.05) is 25.9 Å². The van der Waals surface area contributed by atoms with Crippen LogP contribution in [0.3, 0.4) is 0 Å². The first kappa shape index (κ1) is 28.3. The topological polar surface area (TPSA) is 103 Å². The molecule has 9 heteroatoms. The Morgan fingerprint density at radius 1 is 0.914 bits per heavy atom. The van der Waals surface area contributed by atoms with E-state index in [0.29, 0.717) is 37.2 Å². The summed E-state index contributed by atoms with van der Waals surface area (Å²) in [5.41, 5.74) is -0.955. The van der Waals surface area contributed by atoms with Crippen LogP contribution in [0.4, 0.5) is 9.59 Å². The average Bonchev–Trinajstić information content (AvgIpc) is 2.70. The number of hydrogen-bond donors (Lipinski definition) is 1. The molecular weight excluding hydrogens is 452 g/mol. The van der Waals surface area contributed by atoms with Crippen LogP contribution in [0.15, 0.2) is 18.2 Å². The molecule has 0 bridgehead atoms. The van der Waals surface area contributed by atoms with E-state index in [-0.39, 0.29) is 12.2 Å². The lowest BCUT2D eigenvalue weighted by Crippen LogP contribution is -2.44. The van der Waals surface area contributed by atoms with Crippen LogP contribution in [0, 0.1) is 0 Å². The van der Waals surface area contributed by atoms with Gasteiger partial charge in [-0.05, 0) is 73.1 Å². The Balaban J connectivity index is 2.17. The third kappa shape index (κ3) is 8.64. The van der Waals surface area contributed by atoms with Crippen molar-refractivity contribution < 1.29 is 33.3 Å². The van der Waals surface area contributed by atoms with Gasteiger partial charge >= 0.3 is 18.2 Å². The summed E-state index contributed by atoms with van der Waals surface area (Å²) in [5.74, 6) is -0.153. The fourth-order valence-corrected chi connectivity index (χ4v) is 3.58. The van der Waals surface area contributed by atoms with E-state index in [4.69, 9.17) is 18.9 Å². The number of esters is 1. The van der Waals surface area contributed by atoms with E-state index in [2.05, 4.69) is 5.32 Å². The second-order valence-electron chi connectivity index (χ2n) is 11.2. The second-order valence-corrected chi connectivity index (χ2v) is 11.2. The lowest BCUT2D eigenvalue weighted by molar-refractivity contribution is 0.0125. The van der Waals surface area contributed by atoms with Crippen LogP contribution in [0.1, 0.15) is 84.2 Å². The van der Waals surface area contributed by atoms with Crippen molar-refractivity contribution in [3.8, 4) is 5.75 Å². The summed E-state index contributed by atoms with van der Waals surface area (Å²) < 4.78 is 22.0. The minimum Gasteiger partial charge on any atom is -0.489 e. The number of piperidine rings is 1. The van der Waals surface area contributed by atoms with Gasteiger partial charge in [0.15, 0.2) is 0 Å². The number of carbonyl (C=O) groups is 3. The normalized spacial score (nSPS) is 15.3. The van der Waals surface area contributed by atoms with Crippen LogP contribution in [-0.2, 0) is 19.7 Å². The van der Waals surface area contributed by atoms with Crippen LogP contribution in [0.5, 0.6) is 5.75 Å². The van der Waals surface area contributed by atoms with Crippen LogP contribution in [0.25, 0.3) is 0 Å². The molecule has 1 fully saturated rings. The Kier molecular flexibility index (Phi) is 8.68. The average molecular weight is 493 g/mol. The Hall–Kier alpha value is -2.97. The smallest absolute Gasteiger partial charge is 0.410 e. The SMILES string of the molecule is COC(=O)c1ccc(C(C)(C)NC(=O)OC(C)(C)C)cc1OC1CCN(C(=O)OC(C)(C)C)CC1. The molecule has 196 valence electrons. The quantitative estimate of drug-likeness (QED) is 0.455. The molecule has 0 saturated carbocycles. The van der Waals surface area contributed by atoms with Crippen molar-refractivity contribution in [2.75, 3.05) is 20.2 Å². The minimum atomic E-state index is -0.796. The lowest BCUT2D eigenvalue weighted by atomic mass is 9.93. The van der Waals surface area contributed by atoms with Crippen LogP contribution >= 0.6 is 0 Å². The van der Waals surface area contributed by atoms with Crippen molar-refractivity contribution in [3.63, 3.8) is 0 Å². The molecule has 0 spiro atoms. The van der Waals surface area contributed by atoms with Crippen molar-refractivity contribution in [2.45, 2.75) is 91.1 Å². The Bertz CT molecular complexity index is 921. The molecule has 0 aliphatic carbocycles. The number of rotatable bonds is 5. The van der Waals surface area contributed by atoms with Crippen LogP contribution in [0.2, 0.25) is 0 Å². The Labute approximate surface area is 208 Å². The van der Waals surface area contributed by atoms with E-state index < -0.39 is 28.8 Å². The van der Waals surface area contributed by atoms with Gasteiger partial charge in [0.1, 0.15) is 28.6 Å².